The molecule has 0 spiro atoms. The molecule has 3 aromatic heterocycles. The van der Waals surface area contributed by atoms with E-state index in [0.717, 1.165) is 39.9 Å². The van der Waals surface area contributed by atoms with Crippen LogP contribution in [0.1, 0.15) is 18.3 Å². The number of nitrogen functional groups attached to an aromatic ring is 1. The maximum absolute atomic E-state index is 12.1. The van der Waals surface area contributed by atoms with Gasteiger partial charge in [-0.25, -0.2) is 15.0 Å². The van der Waals surface area contributed by atoms with Gasteiger partial charge in [0.1, 0.15) is 24.0 Å². The number of likely N-dealkylation sites (N-methyl/N-ethyl adjacent to an activating group) is 1. The van der Waals surface area contributed by atoms with Crippen molar-refractivity contribution in [3.63, 3.8) is 0 Å². The molecule has 5 heterocycles. The highest BCUT2D eigenvalue weighted by Crippen LogP contribution is 2.30. The number of hydrogen-bond acceptors (Lipinski definition) is 8. The number of hydrogen-bond donors (Lipinski definition) is 2. The molecule has 2 aliphatic heterocycles. The van der Waals surface area contributed by atoms with Crippen LogP contribution in [0.5, 0.6) is 0 Å². The third-order valence-electron chi connectivity index (χ3n) is 6.18. The molecule has 0 radical (unpaired) electrons. The van der Waals surface area contributed by atoms with Gasteiger partial charge >= 0.3 is 0 Å². The lowest BCUT2D eigenvalue weighted by atomic mass is 10.1. The van der Waals surface area contributed by atoms with Gasteiger partial charge in [-0.2, -0.15) is 5.10 Å². The molecule has 33 heavy (non-hydrogen) atoms. The predicted octanol–water partition coefficient (Wildman–Crippen LogP) is 2.38. The molecule has 0 saturated carbocycles. The van der Waals surface area contributed by atoms with E-state index in [1.165, 1.54) is 0 Å². The van der Waals surface area contributed by atoms with Crippen LogP contribution in [0.4, 0.5) is 17.5 Å². The summed E-state index contributed by atoms with van der Waals surface area (Å²) in [7, 11) is 3.73. The second kappa shape index (κ2) is 7.73. The Morgan fingerprint density at radius 3 is 2.82 bits per heavy atom. The fraction of sp³-hybridized carbons (Fsp3) is 0.261. The van der Waals surface area contributed by atoms with Crippen molar-refractivity contribution >= 4 is 45.9 Å². The highest BCUT2D eigenvalue weighted by molar-refractivity contribution is 6.12. The van der Waals surface area contributed by atoms with Gasteiger partial charge in [-0.1, -0.05) is 6.58 Å². The van der Waals surface area contributed by atoms with Gasteiger partial charge in [-0.15, -0.1) is 0 Å². The third-order valence-corrected chi connectivity index (χ3v) is 6.18. The summed E-state index contributed by atoms with van der Waals surface area (Å²) in [5.74, 6) is 2.40. The summed E-state index contributed by atoms with van der Waals surface area (Å²) in [6, 6.07) is 5.85. The van der Waals surface area contributed by atoms with E-state index in [1.807, 2.05) is 44.1 Å². The van der Waals surface area contributed by atoms with Crippen LogP contribution < -0.4 is 11.1 Å². The Kier molecular flexibility index (Phi) is 4.85. The molecular formula is C23H25N9O. The Balaban J connectivity index is 1.47. The van der Waals surface area contributed by atoms with E-state index in [0.29, 0.717) is 29.8 Å². The zero-order chi connectivity index (χ0) is 23.3. The Morgan fingerprint density at radius 2 is 2.00 bits per heavy atom. The molecule has 2 aliphatic rings. The van der Waals surface area contributed by atoms with E-state index in [9.17, 15) is 4.79 Å². The summed E-state index contributed by atoms with van der Waals surface area (Å²) in [6.07, 6.45) is 4.22. The average Bonchev–Trinajstić information content (AvgIpc) is 3.10. The van der Waals surface area contributed by atoms with Gasteiger partial charge in [0, 0.05) is 67.9 Å². The SMILES string of the molecule is C=C1N=CC(c2cc3cc(Nc4cc5n(n4)CC(=O)N(C)CC5)ncc3c(N)n2)=C(C)N1C. The molecule has 3 N–H and O–H groups in total. The number of amides is 1. The van der Waals surface area contributed by atoms with Crippen LogP contribution in [0.2, 0.25) is 0 Å². The summed E-state index contributed by atoms with van der Waals surface area (Å²) in [4.78, 5) is 29.2. The third kappa shape index (κ3) is 3.69. The fourth-order valence-corrected chi connectivity index (χ4v) is 3.97. The largest absolute Gasteiger partial charge is 0.383 e. The van der Waals surface area contributed by atoms with Crippen LogP contribution in [0.15, 0.2) is 47.5 Å². The standard InChI is InChI=1S/C23H25N9O/c1-13-17(10-25-14(2)31(13)4)19-7-15-8-20(26-11-18(15)23(24)27-19)28-21-9-16-5-6-30(3)22(33)12-32(16)29-21/h7-11H,2,5-6,12H2,1,3-4H3,(H2,24,27)(H,26,28,29). The van der Waals surface area contributed by atoms with E-state index in [1.54, 1.807) is 22.0 Å². The minimum atomic E-state index is 0.0489. The molecule has 10 nitrogen and oxygen atoms in total. The number of nitrogens with zero attached hydrogens (tertiary/aromatic N) is 7. The zero-order valence-electron chi connectivity index (χ0n) is 18.8. The number of nitrogens with one attached hydrogen (secondary N) is 1. The van der Waals surface area contributed by atoms with Gasteiger partial charge in [0.25, 0.3) is 0 Å². The van der Waals surface area contributed by atoms with Crippen molar-refractivity contribution in [2.24, 2.45) is 4.99 Å². The lowest BCUT2D eigenvalue weighted by Crippen LogP contribution is -2.29. The van der Waals surface area contributed by atoms with Crippen LogP contribution in [0, 0.1) is 0 Å². The number of aliphatic imine (C=N–C) groups is 1. The molecule has 0 unspecified atom stereocenters. The molecular weight excluding hydrogens is 418 g/mol. The topological polar surface area (TPSA) is 118 Å². The van der Waals surface area contributed by atoms with E-state index >= 15 is 0 Å². The molecule has 0 aliphatic carbocycles. The molecule has 1 amide bonds. The highest BCUT2D eigenvalue weighted by Gasteiger charge is 2.20. The Labute approximate surface area is 191 Å². The van der Waals surface area contributed by atoms with Crippen molar-refractivity contribution in [1.82, 2.24) is 29.5 Å². The van der Waals surface area contributed by atoms with E-state index < -0.39 is 0 Å². The summed E-state index contributed by atoms with van der Waals surface area (Å²) in [5.41, 5.74) is 9.88. The number of carbonyl (C=O) groups is 1. The number of anilines is 3. The summed E-state index contributed by atoms with van der Waals surface area (Å²) in [6.45, 7) is 6.84. The van der Waals surface area contributed by atoms with Gasteiger partial charge in [-0.3, -0.25) is 9.48 Å². The molecule has 5 rings (SSSR count). The van der Waals surface area contributed by atoms with Gasteiger partial charge in [-0.05, 0) is 24.4 Å². The molecule has 0 aromatic carbocycles. The van der Waals surface area contributed by atoms with Crippen molar-refractivity contribution in [3.8, 4) is 0 Å². The van der Waals surface area contributed by atoms with Crippen LogP contribution in [-0.4, -0.2) is 62.3 Å². The van der Waals surface area contributed by atoms with Crippen molar-refractivity contribution in [2.75, 3.05) is 31.7 Å². The highest BCUT2D eigenvalue weighted by atomic mass is 16.2. The van der Waals surface area contributed by atoms with Gasteiger partial charge in [0.05, 0.1) is 5.69 Å². The number of aromatic nitrogens is 4. The fourth-order valence-electron chi connectivity index (χ4n) is 3.97. The van der Waals surface area contributed by atoms with Gasteiger partial charge in [0.2, 0.25) is 5.91 Å². The molecule has 10 heteroatoms. The van der Waals surface area contributed by atoms with E-state index in [4.69, 9.17) is 5.73 Å². The minimum Gasteiger partial charge on any atom is -0.383 e. The summed E-state index contributed by atoms with van der Waals surface area (Å²) < 4.78 is 1.75. The quantitative estimate of drug-likeness (QED) is 0.638. The van der Waals surface area contributed by atoms with Gasteiger partial charge < -0.3 is 20.9 Å². The van der Waals surface area contributed by atoms with E-state index in [2.05, 4.69) is 32.0 Å². The molecule has 0 fully saturated rings. The van der Waals surface area contributed by atoms with Crippen molar-refractivity contribution in [2.45, 2.75) is 19.9 Å². The van der Waals surface area contributed by atoms with Gasteiger partial charge in [0.15, 0.2) is 5.82 Å². The van der Waals surface area contributed by atoms with E-state index in [-0.39, 0.29) is 12.5 Å². The van der Waals surface area contributed by atoms with Crippen LogP contribution in [-0.2, 0) is 17.8 Å². The first-order valence-electron chi connectivity index (χ1n) is 10.6. The monoisotopic (exact) mass is 443 g/mol. The molecule has 3 aromatic rings. The van der Waals surface area contributed by atoms with Crippen LogP contribution >= 0.6 is 0 Å². The lowest BCUT2D eigenvalue weighted by Gasteiger charge is -2.25. The van der Waals surface area contributed by atoms with Crippen LogP contribution in [0.3, 0.4) is 0 Å². The summed E-state index contributed by atoms with van der Waals surface area (Å²) >= 11 is 0. The molecule has 168 valence electrons. The first-order chi connectivity index (χ1) is 15.8. The Morgan fingerprint density at radius 1 is 1.18 bits per heavy atom. The second-order valence-corrected chi connectivity index (χ2v) is 8.28. The Hall–Kier alpha value is -4.21. The zero-order valence-corrected chi connectivity index (χ0v) is 18.8. The number of rotatable bonds is 3. The first-order valence-corrected chi connectivity index (χ1v) is 10.6. The lowest BCUT2D eigenvalue weighted by molar-refractivity contribution is -0.130. The molecule has 0 bridgehead atoms. The molecule has 0 atom stereocenters. The minimum absolute atomic E-state index is 0.0489. The first kappa shape index (κ1) is 20.7. The smallest absolute Gasteiger partial charge is 0.244 e. The van der Waals surface area contributed by atoms with Crippen LogP contribution in [0.25, 0.3) is 16.3 Å². The second-order valence-electron chi connectivity index (χ2n) is 8.28. The maximum atomic E-state index is 12.1. The summed E-state index contributed by atoms with van der Waals surface area (Å²) in [5, 5.41) is 9.46. The van der Waals surface area contributed by atoms with Crippen molar-refractivity contribution in [3.05, 3.63) is 53.9 Å². The van der Waals surface area contributed by atoms with Crippen molar-refractivity contribution < 1.29 is 4.79 Å². The average molecular weight is 444 g/mol. The number of fused-ring (bicyclic) bond motifs is 2. The van der Waals surface area contributed by atoms with Crippen molar-refractivity contribution in [1.29, 1.82) is 0 Å². The maximum Gasteiger partial charge on any atom is 0.244 e. The number of allylic oxidation sites excluding steroid dienone is 2. The normalized spacial score (nSPS) is 16.5. The number of pyridine rings is 2. The molecule has 0 saturated heterocycles. The predicted molar refractivity (Wildman–Crippen MR) is 129 cm³/mol. The number of nitrogens with two attached hydrogens (primary N) is 1. The Bertz CT molecular complexity index is 1370. The number of carbonyl (C=O) groups excluding carboxylic acids is 1.